The fourth-order valence-electron chi connectivity index (χ4n) is 3.89. The summed E-state index contributed by atoms with van der Waals surface area (Å²) in [4.78, 5) is 0. The summed E-state index contributed by atoms with van der Waals surface area (Å²) in [5.41, 5.74) is 1.99. The Hall–Kier alpha value is -1.49. The lowest BCUT2D eigenvalue weighted by Gasteiger charge is -2.29. The van der Waals surface area contributed by atoms with Gasteiger partial charge in [-0.05, 0) is 55.2 Å². The van der Waals surface area contributed by atoms with Crippen LogP contribution in [0.1, 0.15) is 88.2 Å². The first-order valence-corrected chi connectivity index (χ1v) is 9.36. The number of benzene rings is 1. The first kappa shape index (κ1) is 17.9. The molecule has 1 aromatic carbocycles. The van der Waals surface area contributed by atoms with Crippen molar-refractivity contribution < 1.29 is 4.74 Å². The molecule has 2 nitrogen and oxygen atoms in total. The molecule has 2 rings (SSSR count). The SMILES string of the molecule is CCCCCCCC1CCC(c2ccc(OC)c(C#N)c2)CC1. The molecule has 0 aromatic heterocycles. The van der Waals surface area contributed by atoms with Gasteiger partial charge in [0.2, 0.25) is 0 Å². The maximum atomic E-state index is 9.24. The van der Waals surface area contributed by atoms with Crippen LogP contribution in [0.2, 0.25) is 0 Å². The molecule has 1 saturated carbocycles. The fourth-order valence-corrected chi connectivity index (χ4v) is 3.89. The molecular weight excluding hydrogens is 282 g/mol. The summed E-state index contributed by atoms with van der Waals surface area (Å²) >= 11 is 0. The van der Waals surface area contributed by atoms with Crippen molar-refractivity contribution in [2.75, 3.05) is 7.11 Å². The molecule has 0 unspecified atom stereocenters. The van der Waals surface area contributed by atoms with Gasteiger partial charge in [-0.2, -0.15) is 5.26 Å². The van der Waals surface area contributed by atoms with E-state index in [-0.39, 0.29) is 0 Å². The second-order valence-electron chi connectivity index (χ2n) is 6.99. The number of hydrogen-bond donors (Lipinski definition) is 0. The van der Waals surface area contributed by atoms with Gasteiger partial charge in [-0.15, -0.1) is 0 Å². The predicted molar refractivity (Wildman–Crippen MR) is 95.8 cm³/mol. The molecule has 0 radical (unpaired) electrons. The van der Waals surface area contributed by atoms with Gasteiger partial charge in [0.1, 0.15) is 11.8 Å². The Labute approximate surface area is 141 Å². The van der Waals surface area contributed by atoms with E-state index < -0.39 is 0 Å². The van der Waals surface area contributed by atoms with Crippen molar-refractivity contribution in [2.45, 2.75) is 77.0 Å². The van der Waals surface area contributed by atoms with Crippen LogP contribution in [-0.2, 0) is 0 Å². The van der Waals surface area contributed by atoms with Crippen molar-refractivity contribution in [3.05, 3.63) is 29.3 Å². The quantitative estimate of drug-likeness (QED) is 0.535. The summed E-state index contributed by atoms with van der Waals surface area (Å²) in [6.45, 7) is 2.28. The summed E-state index contributed by atoms with van der Waals surface area (Å²) < 4.78 is 5.25. The molecule has 0 heterocycles. The highest BCUT2D eigenvalue weighted by Crippen LogP contribution is 2.38. The van der Waals surface area contributed by atoms with Gasteiger partial charge < -0.3 is 4.74 Å². The van der Waals surface area contributed by atoms with Gasteiger partial charge in [0.25, 0.3) is 0 Å². The Morgan fingerprint density at radius 2 is 1.83 bits per heavy atom. The number of methoxy groups -OCH3 is 1. The van der Waals surface area contributed by atoms with Gasteiger partial charge in [0.05, 0.1) is 12.7 Å². The van der Waals surface area contributed by atoms with Crippen molar-refractivity contribution in [1.82, 2.24) is 0 Å². The lowest BCUT2D eigenvalue weighted by Crippen LogP contribution is -2.13. The molecule has 0 aliphatic heterocycles. The third-order valence-electron chi connectivity index (χ3n) is 5.38. The summed E-state index contributed by atoms with van der Waals surface area (Å²) in [6, 6.07) is 8.39. The number of nitrogens with zero attached hydrogens (tertiary/aromatic N) is 1. The van der Waals surface area contributed by atoms with Gasteiger partial charge in [0, 0.05) is 0 Å². The maximum absolute atomic E-state index is 9.24. The largest absolute Gasteiger partial charge is 0.495 e. The van der Waals surface area contributed by atoms with E-state index in [1.165, 1.54) is 69.8 Å². The zero-order chi connectivity index (χ0) is 16.5. The zero-order valence-electron chi connectivity index (χ0n) is 14.8. The molecule has 1 aliphatic rings. The van der Waals surface area contributed by atoms with Crippen LogP contribution in [0.3, 0.4) is 0 Å². The van der Waals surface area contributed by atoms with Crippen molar-refractivity contribution >= 4 is 0 Å². The molecule has 1 fully saturated rings. The average molecular weight is 313 g/mol. The first-order valence-electron chi connectivity index (χ1n) is 9.36. The third kappa shape index (κ3) is 5.27. The number of hydrogen-bond acceptors (Lipinski definition) is 2. The molecule has 0 amide bonds. The monoisotopic (exact) mass is 313 g/mol. The van der Waals surface area contributed by atoms with E-state index in [1.807, 2.05) is 12.1 Å². The number of unbranched alkanes of at least 4 members (excludes halogenated alkanes) is 4. The van der Waals surface area contributed by atoms with Gasteiger partial charge >= 0.3 is 0 Å². The maximum Gasteiger partial charge on any atom is 0.136 e. The van der Waals surface area contributed by atoms with E-state index in [4.69, 9.17) is 4.74 Å². The molecule has 0 atom stereocenters. The van der Waals surface area contributed by atoms with E-state index in [0.717, 1.165) is 5.92 Å². The van der Waals surface area contributed by atoms with E-state index in [1.54, 1.807) is 7.11 Å². The van der Waals surface area contributed by atoms with Gasteiger partial charge in [-0.1, -0.05) is 51.5 Å². The van der Waals surface area contributed by atoms with Crippen molar-refractivity contribution in [1.29, 1.82) is 5.26 Å². The Kier molecular flexibility index (Phi) is 7.46. The van der Waals surface area contributed by atoms with Crippen LogP contribution >= 0.6 is 0 Å². The second-order valence-corrected chi connectivity index (χ2v) is 6.99. The van der Waals surface area contributed by atoms with E-state index in [9.17, 15) is 5.26 Å². The minimum absolute atomic E-state index is 0.629. The summed E-state index contributed by atoms with van der Waals surface area (Å²) in [5.74, 6) is 2.25. The minimum Gasteiger partial charge on any atom is -0.495 e. The molecule has 1 aromatic rings. The van der Waals surface area contributed by atoms with Crippen LogP contribution < -0.4 is 4.74 Å². The standard InChI is InChI=1S/C21H31NO/c1-3-4-5-6-7-8-17-9-11-18(12-10-17)19-13-14-21(23-2)20(15-19)16-22/h13-15,17-18H,3-12H2,1-2H3. The highest BCUT2D eigenvalue weighted by atomic mass is 16.5. The summed E-state index contributed by atoms with van der Waals surface area (Å²) in [5, 5.41) is 9.24. The number of rotatable bonds is 8. The highest BCUT2D eigenvalue weighted by Gasteiger charge is 2.22. The second kappa shape index (κ2) is 9.60. The van der Waals surface area contributed by atoms with Crippen molar-refractivity contribution in [3.63, 3.8) is 0 Å². The highest BCUT2D eigenvalue weighted by molar-refractivity contribution is 5.46. The molecule has 0 bridgehead atoms. The van der Waals surface area contributed by atoms with Crippen LogP contribution in [0.25, 0.3) is 0 Å². The Bertz CT molecular complexity index is 509. The summed E-state index contributed by atoms with van der Waals surface area (Å²) in [6.07, 6.45) is 13.6. The molecule has 23 heavy (non-hydrogen) atoms. The molecule has 2 heteroatoms. The average Bonchev–Trinajstić information content (AvgIpc) is 2.61. The smallest absolute Gasteiger partial charge is 0.136 e. The van der Waals surface area contributed by atoms with Crippen molar-refractivity contribution in [3.8, 4) is 11.8 Å². The zero-order valence-corrected chi connectivity index (χ0v) is 14.8. The van der Waals surface area contributed by atoms with Crippen LogP contribution in [0.5, 0.6) is 5.75 Å². The number of ether oxygens (including phenoxy) is 1. The van der Waals surface area contributed by atoms with Crippen molar-refractivity contribution in [2.24, 2.45) is 5.92 Å². The Morgan fingerprint density at radius 3 is 2.48 bits per heavy atom. The molecule has 0 saturated heterocycles. The van der Waals surface area contributed by atoms with Crippen LogP contribution in [0.15, 0.2) is 18.2 Å². The first-order chi connectivity index (χ1) is 11.3. The molecular formula is C21H31NO. The predicted octanol–water partition coefficient (Wildman–Crippen LogP) is 6.20. The molecule has 126 valence electrons. The lowest BCUT2D eigenvalue weighted by atomic mass is 9.77. The van der Waals surface area contributed by atoms with Gasteiger partial charge in [-0.3, -0.25) is 0 Å². The van der Waals surface area contributed by atoms with Gasteiger partial charge in [-0.25, -0.2) is 0 Å². The van der Waals surface area contributed by atoms with E-state index in [0.29, 0.717) is 17.2 Å². The topological polar surface area (TPSA) is 33.0 Å². The Balaban J connectivity index is 1.79. The van der Waals surface area contributed by atoms with E-state index >= 15 is 0 Å². The van der Waals surface area contributed by atoms with Crippen LogP contribution in [0, 0.1) is 17.2 Å². The Morgan fingerprint density at radius 1 is 1.09 bits per heavy atom. The lowest BCUT2D eigenvalue weighted by molar-refractivity contribution is 0.301. The van der Waals surface area contributed by atoms with E-state index in [2.05, 4.69) is 19.1 Å². The fraction of sp³-hybridized carbons (Fsp3) is 0.667. The normalized spacial score (nSPS) is 20.9. The molecule has 1 aliphatic carbocycles. The van der Waals surface area contributed by atoms with Crippen LogP contribution in [0.4, 0.5) is 0 Å². The number of nitriles is 1. The van der Waals surface area contributed by atoms with Crippen LogP contribution in [-0.4, -0.2) is 7.11 Å². The minimum atomic E-state index is 0.629. The third-order valence-corrected chi connectivity index (χ3v) is 5.38. The van der Waals surface area contributed by atoms with Gasteiger partial charge in [0.15, 0.2) is 0 Å². The summed E-state index contributed by atoms with van der Waals surface area (Å²) in [7, 11) is 1.63. The molecule has 0 N–H and O–H groups in total. The molecule has 0 spiro atoms.